The SMILES string of the molecule is COCCn1c(C)cc(C(=O)COC(=O)Cc2c[nH]c3ccccc23)c1C. The fraction of sp³-hybridized carbons (Fsp3) is 0.333. The van der Waals surface area contributed by atoms with E-state index in [9.17, 15) is 9.59 Å². The second-order valence-corrected chi connectivity index (χ2v) is 6.55. The number of aromatic nitrogens is 2. The number of H-pyrrole nitrogens is 1. The molecule has 0 bridgehead atoms. The lowest BCUT2D eigenvalue weighted by Gasteiger charge is -2.09. The molecule has 0 saturated heterocycles. The number of para-hydroxylation sites is 1. The Hall–Kier alpha value is -2.86. The van der Waals surface area contributed by atoms with Gasteiger partial charge in [-0.1, -0.05) is 18.2 Å². The second kappa shape index (κ2) is 8.22. The van der Waals surface area contributed by atoms with Crippen molar-refractivity contribution in [1.29, 1.82) is 0 Å². The van der Waals surface area contributed by atoms with Crippen LogP contribution in [0.15, 0.2) is 36.5 Å². The van der Waals surface area contributed by atoms with Crippen LogP contribution < -0.4 is 0 Å². The highest BCUT2D eigenvalue weighted by molar-refractivity contribution is 5.99. The molecule has 0 aliphatic rings. The van der Waals surface area contributed by atoms with Crippen molar-refractivity contribution in [3.8, 4) is 0 Å². The number of nitrogens with zero attached hydrogens (tertiary/aromatic N) is 1. The molecule has 6 heteroatoms. The minimum Gasteiger partial charge on any atom is -0.457 e. The van der Waals surface area contributed by atoms with Crippen molar-refractivity contribution in [2.45, 2.75) is 26.8 Å². The summed E-state index contributed by atoms with van der Waals surface area (Å²) in [6, 6.07) is 9.60. The van der Waals surface area contributed by atoms with E-state index in [0.717, 1.165) is 27.9 Å². The molecule has 0 spiro atoms. The molecular formula is C21H24N2O4. The predicted octanol–water partition coefficient (Wildman–Crippen LogP) is 3.20. The minimum absolute atomic E-state index is 0.129. The van der Waals surface area contributed by atoms with Crippen LogP contribution in [-0.4, -0.2) is 41.6 Å². The van der Waals surface area contributed by atoms with Gasteiger partial charge in [0.25, 0.3) is 0 Å². The lowest BCUT2D eigenvalue weighted by atomic mass is 10.1. The van der Waals surface area contributed by atoms with Gasteiger partial charge in [0.2, 0.25) is 5.78 Å². The second-order valence-electron chi connectivity index (χ2n) is 6.55. The van der Waals surface area contributed by atoms with E-state index in [1.165, 1.54) is 0 Å². The maximum Gasteiger partial charge on any atom is 0.310 e. The summed E-state index contributed by atoms with van der Waals surface area (Å²) < 4.78 is 12.4. The van der Waals surface area contributed by atoms with Gasteiger partial charge in [0, 0.05) is 47.7 Å². The van der Waals surface area contributed by atoms with Crippen molar-refractivity contribution in [2.75, 3.05) is 20.3 Å². The molecule has 3 aromatic rings. The number of aromatic amines is 1. The van der Waals surface area contributed by atoms with Gasteiger partial charge in [0.1, 0.15) is 0 Å². The number of esters is 1. The van der Waals surface area contributed by atoms with Crippen molar-refractivity contribution in [1.82, 2.24) is 9.55 Å². The molecule has 1 aromatic carbocycles. The molecule has 0 unspecified atom stereocenters. The van der Waals surface area contributed by atoms with Gasteiger partial charge < -0.3 is 19.0 Å². The summed E-state index contributed by atoms with van der Waals surface area (Å²) in [6.45, 7) is 4.84. The van der Waals surface area contributed by atoms with Crippen LogP contribution in [0.4, 0.5) is 0 Å². The van der Waals surface area contributed by atoms with E-state index in [1.807, 2.05) is 48.7 Å². The van der Waals surface area contributed by atoms with Crippen LogP contribution in [0.3, 0.4) is 0 Å². The third-order valence-corrected chi connectivity index (χ3v) is 4.77. The Balaban J connectivity index is 1.61. The number of methoxy groups -OCH3 is 1. The van der Waals surface area contributed by atoms with Gasteiger partial charge in [-0.2, -0.15) is 0 Å². The molecule has 0 aliphatic carbocycles. The third kappa shape index (κ3) is 4.11. The molecule has 2 aromatic heterocycles. The van der Waals surface area contributed by atoms with E-state index >= 15 is 0 Å². The Labute approximate surface area is 158 Å². The van der Waals surface area contributed by atoms with Gasteiger partial charge in [-0.05, 0) is 31.5 Å². The molecule has 1 N–H and O–H groups in total. The molecule has 0 radical (unpaired) electrons. The van der Waals surface area contributed by atoms with Gasteiger partial charge in [0.05, 0.1) is 13.0 Å². The van der Waals surface area contributed by atoms with Crippen molar-refractivity contribution in [3.63, 3.8) is 0 Å². The van der Waals surface area contributed by atoms with E-state index in [0.29, 0.717) is 18.7 Å². The number of hydrogen-bond acceptors (Lipinski definition) is 4. The average molecular weight is 368 g/mol. The Bertz CT molecular complexity index is 968. The van der Waals surface area contributed by atoms with E-state index < -0.39 is 5.97 Å². The Kier molecular flexibility index (Phi) is 5.76. The smallest absolute Gasteiger partial charge is 0.310 e. The van der Waals surface area contributed by atoms with Crippen LogP contribution in [0.2, 0.25) is 0 Å². The number of carbonyl (C=O) groups excluding carboxylic acids is 2. The Morgan fingerprint density at radius 2 is 1.96 bits per heavy atom. The number of aryl methyl sites for hydroxylation is 1. The Morgan fingerprint density at radius 3 is 2.74 bits per heavy atom. The number of carbonyl (C=O) groups is 2. The molecule has 6 nitrogen and oxygen atoms in total. The van der Waals surface area contributed by atoms with Crippen LogP contribution in [-0.2, 0) is 27.2 Å². The van der Waals surface area contributed by atoms with Gasteiger partial charge >= 0.3 is 5.97 Å². The summed E-state index contributed by atoms with van der Waals surface area (Å²) in [6.07, 6.45) is 1.93. The molecule has 2 heterocycles. The van der Waals surface area contributed by atoms with Crippen LogP contribution >= 0.6 is 0 Å². The molecule has 27 heavy (non-hydrogen) atoms. The lowest BCUT2D eigenvalue weighted by molar-refractivity contribution is -0.141. The maximum absolute atomic E-state index is 12.5. The highest BCUT2D eigenvalue weighted by Crippen LogP contribution is 2.19. The fourth-order valence-corrected chi connectivity index (χ4v) is 3.32. The van der Waals surface area contributed by atoms with Crippen molar-refractivity contribution < 1.29 is 19.1 Å². The van der Waals surface area contributed by atoms with Crippen molar-refractivity contribution in [2.24, 2.45) is 0 Å². The lowest BCUT2D eigenvalue weighted by Crippen LogP contribution is -2.16. The highest BCUT2D eigenvalue weighted by atomic mass is 16.5. The van der Waals surface area contributed by atoms with E-state index in [-0.39, 0.29) is 18.8 Å². The zero-order valence-corrected chi connectivity index (χ0v) is 15.9. The summed E-state index contributed by atoms with van der Waals surface area (Å²) in [4.78, 5) is 27.8. The van der Waals surface area contributed by atoms with E-state index in [4.69, 9.17) is 9.47 Å². The number of rotatable bonds is 8. The zero-order valence-electron chi connectivity index (χ0n) is 15.9. The number of nitrogens with one attached hydrogen (secondary N) is 1. The first-order valence-electron chi connectivity index (χ1n) is 8.90. The minimum atomic E-state index is -0.415. The summed E-state index contributed by atoms with van der Waals surface area (Å²) in [7, 11) is 1.65. The van der Waals surface area contributed by atoms with Crippen LogP contribution in [0.25, 0.3) is 10.9 Å². The molecule has 142 valence electrons. The molecule has 0 aliphatic heterocycles. The number of fused-ring (bicyclic) bond motifs is 1. The molecule has 0 fully saturated rings. The van der Waals surface area contributed by atoms with E-state index in [1.54, 1.807) is 13.3 Å². The van der Waals surface area contributed by atoms with Gasteiger partial charge in [-0.3, -0.25) is 9.59 Å². The molecule has 3 rings (SSSR count). The molecule has 0 amide bonds. The quantitative estimate of drug-likeness (QED) is 0.489. The predicted molar refractivity (Wildman–Crippen MR) is 103 cm³/mol. The molecular weight excluding hydrogens is 344 g/mol. The largest absolute Gasteiger partial charge is 0.457 e. The van der Waals surface area contributed by atoms with Crippen LogP contribution in [0.5, 0.6) is 0 Å². The Morgan fingerprint density at radius 1 is 1.19 bits per heavy atom. The molecule has 0 atom stereocenters. The number of benzene rings is 1. The maximum atomic E-state index is 12.5. The fourth-order valence-electron chi connectivity index (χ4n) is 3.32. The first-order valence-corrected chi connectivity index (χ1v) is 8.90. The highest BCUT2D eigenvalue weighted by Gasteiger charge is 2.18. The standard InChI is InChI=1S/C21H24N2O4/c1-14-10-18(15(2)23(14)8-9-26-3)20(24)13-27-21(25)11-16-12-22-19-7-5-4-6-17(16)19/h4-7,10,12,22H,8-9,11,13H2,1-3H3. The number of ether oxygens (including phenoxy) is 2. The van der Waals surface area contributed by atoms with Crippen molar-refractivity contribution in [3.05, 3.63) is 59.0 Å². The number of Topliss-reactive ketones (excluding diaryl/α,β-unsaturated/α-hetero) is 1. The summed E-state index contributed by atoms with van der Waals surface area (Å²) in [5.74, 6) is -0.611. The van der Waals surface area contributed by atoms with Crippen LogP contribution in [0, 0.1) is 13.8 Å². The topological polar surface area (TPSA) is 73.3 Å². The summed E-state index contributed by atoms with van der Waals surface area (Å²) >= 11 is 0. The van der Waals surface area contributed by atoms with Crippen molar-refractivity contribution >= 4 is 22.7 Å². The first-order chi connectivity index (χ1) is 13.0. The summed E-state index contributed by atoms with van der Waals surface area (Å²) in [5, 5.41) is 0.988. The summed E-state index contributed by atoms with van der Waals surface area (Å²) in [5.41, 5.74) is 4.27. The number of hydrogen-bond donors (Lipinski definition) is 1. The normalized spacial score (nSPS) is 11.1. The number of ketones is 1. The van der Waals surface area contributed by atoms with Gasteiger partial charge in [-0.15, -0.1) is 0 Å². The van der Waals surface area contributed by atoms with Crippen LogP contribution in [0.1, 0.15) is 27.3 Å². The van der Waals surface area contributed by atoms with Gasteiger partial charge in [-0.25, -0.2) is 0 Å². The average Bonchev–Trinajstić information content (AvgIpc) is 3.19. The zero-order chi connectivity index (χ0) is 19.4. The molecule has 0 saturated carbocycles. The first kappa shape index (κ1) is 18.9. The monoisotopic (exact) mass is 368 g/mol. The van der Waals surface area contributed by atoms with Gasteiger partial charge in [0.15, 0.2) is 6.61 Å². The van der Waals surface area contributed by atoms with E-state index in [2.05, 4.69) is 4.98 Å². The third-order valence-electron chi connectivity index (χ3n) is 4.77.